The van der Waals surface area contributed by atoms with E-state index >= 15 is 0 Å². The first-order chi connectivity index (χ1) is 70.1. The minimum absolute atomic E-state index is 0. The van der Waals surface area contributed by atoms with Gasteiger partial charge in [-0.25, -0.2) is 68.5 Å². The number of nitrogens with zero attached hydrogens (tertiary/aromatic N) is 13. The molecule has 3 N–H and O–H groups in total. The van der Waals surface area contributed by atoms with Gasteiger partial charge in [0.1, 0.15) is 39.8 Å². The van der Waals surface area contributed by atoms with Gasteiger partial charge in [-0.05, 0) is 106 Å². The van der Waals surface area contributed by atoms with Gasteiger partial charge in [-0.1, -0.05) is 36.4 Å². The molecule has 0 unspecified atom stereocenters. The predicted molar refractivity (Wildman–Crippen MR) is 578 cm³/mol. The van der Waals surface area contributed by atoms with Crippen molar-refractivity contribution in [3.63, 3.8) is 0 Å². The van der Waals surface area contributed by atoms with Crippen LogP contribution in [-0.2, 0) is 129 Å². The molecule has 822 valence electrons. The predicted octanol–water partition coefficient (Wildman–Crippen LogP) is 7.53. The van der Waals surface area contributed by atoms with Crippen LogP contribution in [0.3, 0.4) is 0 Å². The van der Waals surface area contributed by atoms with Gasteiger partial charge in [0.15, 0.2) is 0 Å². The number of thioether (sulfide) groups is 3. The van der Waals surface area contributed by atoms with Gasteiger partial charge in [0.2, 0.25) is 0 Å². The van der Waals surface area contributed by atoms with Gasteiger partial charge in [0.25, 0.3) is 0 Å². The smallest absolute Gasteiger partial charge is 0.407 e. The number of alkyl carbamates (subject to hydrolysis) is 1. The highest BCUT2D eigenvalue weighted by Crippen LogP contribution is 2.19. The first-order valence-electron chi connectivity index (χ1n) is 48.2. The van der Waals surface area contributed by atoms with Crippen molar-refractivity contribution in [3.05, 3.63) is 178 Å². The van der Waals surface area contributed by atoms with E-state index in [1.807, 2.05) is 57.2 Å². The zero-order chi connectivity index (χ0) is 103. The van der Waals surface area contributed by atoms with Gasteiger partial charge in [-0.3, -0.25) is 29.4 Å². The number of ether oxygens (including phenoxy) is 19. The Labute approximate surface area is 903 Å². The number of isothiocyanates is 1. The third kappa shape index (κ3) is 58.5. The number of carbonyl (C=O) groups excluding carboxylic acids is 7. The largest absolute Gasteiger partial charge is 0.464 e. The lowest BCUT2D eigenvalue weighted by Crippen LogP contribution is -2.35. The lowest BCUT2D eigenvalue weighted by molar-refractivity contribution is -0.0238. The maximum atomic E-state index is 12.1. The standard InChI is InChI=1S/C36H55N5O10S.C32H45N5O8S2.C31H47N5O8S.3H2S/c1-36(2,3)51-35(44)37-12-23-52-27-30-26-49-19-15-40(24-28-8-6-10-31(38-28)33(42)45-4)13-17-47-21-22-48-18-14-41(16-20-50-30)25-29-9-7-11-32(39-29)34(43)46-5;1-40-31(38)29-7-3-5-26(34-29)21-36-10-14-42-18-19-43-15-11-37(22-27-6-4-8-30(35-27)32(39)41-2)13-17-45-28(23-44-16-12-36)24-47-20-9-33-25-46;1-39-30(37)28-7-3-5-25(33-28)21-35-10-14-41-18-19-42-15-11-36(22-26-6-4-8-29(34-26)31(38)40-2)13-17-44-27(23-43-16-12-35)24-45-20-9-32;;;/h6-11,30H,12-27H2,1-5H3,(H,37,44);3-8,28H,9-24H2,1-2H3;3-8,27H,9-24,32H2,1-2H3;3*1H2/t30-;28-;27-;;;/m000.../s1. The van der Waals surface area contributed by atoms with Crippen LogP contribution in [0.15, 0.2) is 114 Å². The third-order valence-corrected chi connectivity index (χ3v) is 24.7. The van der Waals surface area contributed by atoms with E-state index in [0.29, 0.717) is 288 Å². The van der Waals surface area contributed by atoms with Gasteiger partial charge in [-0.2, -0.15) is 75.8 Å². The van der Waals surface area contributed by atoms with E-state index in [4.69, 9.17) is 95.7 Å². The molecular formula is C99H153N15O26S7. The van der Waals surface area contributed by atoms with Crippen LogP contribution in [0.25, 0.3) is 0 Å². The molecule has 9 rings (SSSR count). The highest BCUT2D eigenvalue weighted by molar-refractivity contribution is 7.99. The molecule has 48 heteroatoms. The Balaban J connectivity index is 0.000000456. The fourth-order valence-corrected chi connectivity index (χ4v) is 16.6. The molecule has 1 amide bonds. The topological polar surface area (TPSA) is 442 Å². The number of hydrogen-bond acceptors (Lipinski definition) is 44. The second-order valence-electron chi connectivity index (χ2n) is 33.5. The lowest BCUT2D eigenvalue weighted by Gasteiger charge is -2.25. The fraction of sp³-hybridized carbons (Fsp3) is 0.616. The minimum Gasteiger partial charge on any atom is -0.464 e. The lowest BCUT2D eigenvalue weighted by atomic mass is 10.2. The van der Waals surface area contributed by atoms with E-state index in [0.717, 1.165) is 57.2 Å². The number of aromatic nitrogens is 6. The highest BCUT2D eigenvalue weighted by atomic mass is 32.2. The number of methoxy groups -OCH3 is 6. The quantitative estimate of drug-likeness (QED) is 0.0135. The molecule has 0 aromatic carbocycles. The van der Waals surface area contributed by atoms with Crippen molar-refractivity contribution in [2.75, 3.05) is 314 Å². The highest BCUT2D eigenvalue weighted by Gasteiger charge is 2.25. The maximum Gasteiger partial charge on any atom is 0.407 e. The number of nitrogens with one attached hydrogen (secondary N) is 1. The molecule has 0 spiro atoms. The molecule has 6 aromatic heterocycles. The van der Waals surface area contributed by atoms with Crippen LogP contribution in [-0.4, -0.2) is 444 Å². The van der Waals surface area contributed by atoms with Crippen molar-refractivity contribution in [2.45, 2.75) is 84.0 Å². The summed E-state index contributed by atoms with van der Waals surface area (Å²) < 4.78 is 107. The van der Waals surface area contributed by atoms with E-state index in [9.17, 15) is 33.6 Å². The molecule has 0 bridgehead atoms. The van der Waals surface area contributed by atoms with Crippen LogP contribution >= 0.6 is 88.0 Å². The van der Waals surface area contributed by atoms with Gasteiger partial charge in [-0.15, -0.1) is 0 Å². The van der Waals surface area contributed by atoms with Crippen LogP contribution in [0.5, 0.6) is 0 Å². The van der Waals surface area contributed by atoms with Crippen LogP contribution in [0.4, 0.5) is 4.79 Å². The van der Waals surface area contributed by atoms with Crippen molar-refractivity contribution in [1.82, 2.24) is 64.6 Å². The molecule has 0 radical (unpaired) electrons. The normalized spacial score (nSPS) is 18.0. The zero-order valence-corrected chi connectivity index (χ0v) is 92.5. The fourth-order valence-electron chi connectivity index (χ4n) is 14.0. The van der Waals surface area contributed by atoms with E-state index in [2.05, 4.69) is 87.0 Å². The summed E-state index contributed by atoms with van der Waals surface area (Å²) >= 11 is 9.80. The minimum atomic E-state index is -0.559. The Morgan fingerprint density at radius 2 is 0.578 bits per heavy atom. The molecule has 0 aliphatic carbocycles. The molecule has 3 atom stereocenters. The average Bonchev–Trinajstić information content (AvgIpc) is 0.891. The van der Waals surface area contributed by atoms with E-state index < -0.39 is 47.5 Å². The maximum absolute atomic E-state index is 12.1. The Morgan fingerprint density at radius 1 is 0.354 bits per heavy atom. The van der Waals surface area contributed by atoms with Crippen LogP contribution in [0.1, 0.15) is 118 Å². The molecule has 41 nitrogen and oxygen atoms in total. The van der Waals surface area contributed by atoms with Gasteiger partial charge in [0.05, 0.1) is 246 Å². The number of thiocarbonyl (C=S) groups is 1. The Kier molecular flexibility index (Phi) is 72.4. The number of aliphatic imine (C=N–C) groups is 1. The number of amides is 1. The van der Waals surface area contributed by atoms with E-state index in [1.165, 1.54) is 42.7 Å². The van der Waals surface area contributed by atoms with E-state index in [-0.39, 0.29) is 93.0 Å². The monoisotopic (exact) mass is 2190 g/mol. The van der Waals surface area contributed by atoms with Gasteiger partial charge in [0, 0.05) is 165 Å². The zero-order valence-electron chi connectivity index (χ0n) is 86.2. The first kappa shape index (κ1) is 131. The van der Waals surface area contributed by atoms with Crippen molar-refractivity contribution < 1.29 is 124 Å². The first-order valence-corrected chi connectivity index (χ1v) is 52.1. The second-order valence-corrected chi connectivity index (χ2v) is 37.1. The van der Waals surface area contributed by atoms with Gasteiger partial charge < -0.3 is 101 Å². The second kappa shape index (κ2) is 80.9. The summed E-state index contributed by atoms with van der Waals surface area (Å²) in [4.78, 5) is 128. The summed E-state index contributed by atoms with van der Waals surface area (Å²) in [5.41, 5.74) is 11.3. The number of esters is 6. The van der Waals surface area contributed by atoms with Crippen LogP contribution < -0.4 is 11.1 Å². The summed E-state index contributed by atoms with van der Waals surface area (Å²) in [6.45, 7) is 27.6. The molecule has 3 fully saturated rings. The van der Waals surface area contributed by atoms with Crippen molar-refractivity contribution in [1.29, 1.82) is 0 Å². The summed E-state index contributed by atoms with van der Waals surface area (Å²) in [6.07, 6.45) is -0.889. The number of carbonyl (C=O) groups is 7. The molecule has 6 aromatic rings. The summed E-state index contributed by atoms with van der Waals surface area (Å²) in [7, 11) is 8.04. The molecule has 9 heterocycles. The molecule has 3 aliphatic rings. The third-order valence-electron chi connectivity index (χ3n) is 21.3. The molecular weight excluding hydrogens is 2040 g/mol. The summed E-state index contributed by atoms with van der Waals surface area (Å²) in [6, 6.07) is 31.9. The summed E-state index contributed by atoms with van der Waals surface area (Å²) in [5.74, 6) is 1.66. The molecule has 3 aliphatic heterocycles. The number of pyridine rings is 6. The number of hydrogen-bond donors (Lipinski definition) is 2. The Bertz CT molecular complexity index is 4700. The molecule has 0 saturated carbocycles. The van der Waals surface area contributed by atoms with Crippen LogP contribution in [0.2, 0.25) is 0 Å². The van der Waals surface area contributed by atoms with Gasteiger partial charge >= 0.3 is 41.9 Å². The van der Waals surface area contributed by atoms with Crippen molar-refractivity contribution in [2.24, 2.45) is 10.7 Å². The Morgan fingerprint density at radius 3 is 0.803 bits per heavy atom. The summed E-state index contributed by atoms with van der Waals surface area (Å²) in [5, 5.41) is 5.20. The van der Waals surface area contributed by atoms with Crippen molar-refractivity contribution >= 4 is 135 Å². The Hall–Kier alpha value is -7.87. The molecule has 147 heavy (non-hydrogen) atoms. The van der Waals surface area contributed by atoms with Crippen LogP contribution in [0, 0.1) is 0 Å². The van der Waals surface area contributed by atoms with E-state index in [1.54, 1.807) is 108 Å². The number of nitrogens with two attached hydrogens (primary N) is 1. The number of rotatable bonds is 32. The average molecular weight is 2190 g/mol. The van der Waals surface area contributed by atoms with Crippen molar-refractivity contribution in [3.8, 4) is 0 Å². The SMILES string of the molecule is COC(=O)c1cccc(CN2CCOCCOCCN(Cc3cccc(C(=O)OC)n3)CCO[C@H](CSCCN)COCC2)n1.COC(=O)c1cccc(CN2CCOCCOCCN(Cc3cccc(C(=O)OC)n3)CCO[C@H](CSCCN=C=S)COCC2)n1.COC(=O)c1cccc(CN2CCOCCOCCN(Cc3cccc(C(=O)OC)n3)CCO[C@H](CSCCNC(=O)OC(C)(C)C)COCC2)n1.S.S.S. The molecule has 3 saturated heterocycles.